The van der Waals surface area contributed by atoms with Gasteiger partial charge in [-0.25, -0.2) is 9.07 Å². The number of rotatable bonds is 3. The molecule has 124 valence electrons. The molecule has 0 spiro atoms. The first-order valence-corrected chi connectivity index (χ1v) is 8.11. The van der Waals surface area contributed by atoms with Crippen LogP contribution in [0.15, 0.2) is 36.7 Å². The van der Waals surface area contributed by atoms with Crippen LogP contribution in [-0.4, -0.2) is 39.0 Å². The van der Waals surface area contributed by atoms with Crippen molar-refractivity contribution in [3.8, 4) is 5.69 Å². The first-order valence-electron chi connectivity index (χ1n) is 8.11. The monoisotopic (exact) mass is 317 g/mol. The highest BCUT2D eigenvalue weighted by Gasteiger charge is 2.29. The van der Waals surface area contributed by atoms with E-state index in [-0.39, 0.29) is 17.3 Å². The molecule has 0 saturated carbocycles. The number of hydrogen-bond acceptors (Lipinski definition) is 3. The van der Waals surface area contributed by atoms with Gasteiger partial charge in [0.15, 0.2) is 0 Å². The number of halogens is 1. The highest BCUT2D eigenvalue weighted by molar-refractivity contribution is 5.31. The van der Waals surface area contributed by atoms with Crippen molar-refractivity contribution in [2.45, 2.75) is 39.3 Å². The summed E-state index contributed by atoms with van der Waals surface area (Å²) in [6.07, 6.45) is 5.30. The van der Waals surface area contributed by atoms with Crippen LogP contribution in [0.25, 0.3) is 5.69 Å². The van der Waals surface area contributed by atoms with Crippen molar-refractivity contribution in [2.24, 2.45) is 5.41 Å². The maximum Gasteiger partial charge on any atom is 0.123 e. The van der Waals surface area contributed by atoms with Gasteiger partial charge in [-0.15, -0.1) is 0 Å². The maximum atomic E-state index is 13.0. The summed E-state index contributed by atoms with van der Waals surface area (Å²) in [5.41, 5.74) is 2.09. The molecule has 1 aliphatic heterocycles. The van der Waals surface area contributed by atoms with Gasteiger partial charge in [0, 0.05) is 31.4 Å². The lowest BCUT2D eigenvalue weighted by Crippen LogP contribution is -2.32. The largest absolute Gasteiger partial charge is 0.393 e. The van der Waals surface area contributed by atoms with E-state index in [1.165, 1.54) is 12.1 Å². The van der Waals surface area contributed by atoms with E-state index in [1.54, 1.807) is 16.8 Å². The molecule has 2 heterocycles. The van der Waals surface area contributed by atoms with E-state index in [4.69, 9.17) is 0 Å². The van der Waals surface area contributed by atoms with E-state index in [0.29, 0.717) is 0 Å². The lowest BCUT2D eigenvalue weighted by Gasteiger charge is -2.29. The molecule has 1 aromatic carbocycles. The molecule has 0 radical (unpaired) electrons. The van der Waals surface area contributed by atoms with Gasteiger partial charge in [0.25, 0.3) is 0 Å². The van der Waals surface area contributed by atoms with E-state index in [9.17, 15) is 9.50 Å². The smallest absolute Gasteiger partial charge is 0.123 e. The van der Waals surface area contributed by atoms with Crippen molar-refractivity contribution >= 4 is 0 Å². The number of benzene rings is 1. The van der Waals surface area contributed by atoms with Gasteiger partial charge in [-0.3, -0.25) is 4.90 Å². The molecular formula is C18H24FN3O. The van der Waals surface area contributed by atoms with Gasteiger partial charge in [0.2, 0.25) is 0 Å². The second-order valence-electron chi connectivity index (χ2n) is 7.29. The number of hydrogen-bond donors (Lipinski definition) is 1. The lowest BCUT2D eigenvalue weighted by atomic mass is 9.87. The van der Waals surface area contributed by atoms with Gasteiger partial charge in [-0.05, 0) is 42.5 Å². The predicted octanol–water partition coefficient (Wildman–Crippen LogP) is 2.99. The van der Waals surface area contributed by atoms with Gasteiger partial charge < -0.3 is 5.11 Å². The molecule has 0 aliphatic carbocycles. The van der Waals surface area contributed by atoms with Gasteiger partial charge in [0.05, 0.1) is 18.0 Å². The third-order valence-electron chi connectivity index (χ3n) is 4.35. The van der Waals surface area contributed by atoms with Crippen LogP contribution in [0.3, 0.4) is 0 Å². The normalized spacial score (nSPS) is 22.0. The molecule has 4 nitrogen and oxygen atoms in total. The van der Waals surface area contributed by atoms with E-state index in [0.717, 1.165) is 43.7 Å². The molecule has 3 rings (SSSR count). The van der Waals surface area contributed by atoms with Gasteiger partial charge >= 0.3 is 0 Å². The summed E-state index contributed by atoms with van der Waals surface area (Å²) in [5.74, 6) is -0.244. The first-order chi connectivity index (χ1) is 10.9. The minimum absolute atomic E-state index is 0.114. The van der Waals surface area contributed by atoms with Crippen LogP contribution in [0.1, 0.15) is 32.3 Å². The van der Waals surface area contributed by atoms with Crippen molar-refractivity contribution < 1.29 is 9.50 Å². The number of aliphatic hydroxyl groups excluding tert-OH is 1. The minimum Gasteiger partial charge on any atom is -0.393 e. The number of aromatic nitrogens is 2. The predicted molar refractivity (Wildman–Crippen MR) is 87.8 cm³/mol. The summed E-state index contributed by atoms with van der Waals surface area (Å²) >= 11 is 0. The quantitative estimate of drug-likeness (QED) is 0.946. The van der Waals surface area contributed by atoms with Crippen LogP contribution in [0, 0.1) is 11.2 Å². The second kappa shape index (κ2) is 6.42. The number of likely N-dealkylation sites (tertiary alicyclic amines) is 1. The Morgan fingerprint density at radius 1 is 1.30 bits per heavy atom. The molecule has 0 bridgehead atoms. The Kier molecular flexibility index (Phi) is 4.50. The average Bonchev–Trinajstić information content (AvgIpc) is 2.88. The zero-order valence-corrected chi connectivity index (χ0v) is 13.7. The van der Waals surface area contributed by atoms with Crippen molar-refractivity contribution in [1.82, 2.24) is 14.7 Å². The molecule has 1 fully saturated rings. The Morgan fingerprint density at radius 2 is 2.04 bits per heavy atom. The third kappa shape index (κ3) is 4.18. The fourth-order valence-corrected chi connectivity index (χ4v) is 3.39. The Hall–Kier alpha value is -1.72. The molecule has 23 heavy (non-hydrogen) atoms. The van der Waals surface area contributed by atoms with E-state index in [1.807, 2.05) is 12.4 Å². The molecular weight excluding hydrogens is 293 g/mol. The highest BCUT2D eigenvalue weighted by atomic mass is 19.1. The van der Waals surface area contributed by atoms with Crippen LogP contribution in [-0.2, 0) is 6.54 Å². The molecule has 1 saturated heterocycles. The Balaban J connectivity index is 1.70. The topological polar surface area (TPSA) is 41.3 Å². The van der Waals surface area contributed by atoms with Crippen molar-refractivity contribution in [1.29, 1.82) is 0 Å². The highest BCUT2D eigenvalue weighted by Crippen LogP contribution is 2.29. The fraction of sp³-hybridized carbons (Fsp3) is 0.500. The molecule has 2 aromatic rings. The van der Waals surface area contributed by atoms with E-state index < -0.39 is 0 Å². The zero-order chi connectivity index (χ0) is 16.4. The molecule has 5 heteroatoms. The van der Waals surface area contributed by atoms with Gasteiger partial charge in [0.1, 0.15) is 5.82 Å². The molecule has 1 aliphatic rings. The van der Waals surface area contributed by atoms with Crippen molar-refractivity contribution in [3.05, 3.63) is 48.0 Å². The SMILES string of the molecule is CC1(C)CC(O)CCN(Cc2cnn(-c3ccc(F)cc3)c2)C1. The number of nitrogens with zero attached hydrogens (tertiary/aromatic N) is 3. The summed E-state index contributed by atoms with van der Waals surface area (Å²) in [4.78, 5) is 2.38. The second-order valence-corrected chi connectivity index (χ2v) is 7.29. The molecule has 1 N–H and O–H groups in total. The molecule has 1 unspecified atom stereocenters. The molecule has 1 atom stereocenters. The third-order valence-corrected chi connectivity index (χ3v) is 4.35. The summed E-state index contributed by atoms with van der Waals surface area (Å²) in [5, 5.41) is 14.4. The fourth-order valence-electron chi connectivity index (χ4n) is 3.39. The van der Waals surface area contributed by atoms with Gasteiger partial charge in [-0.1, -0.05) is 13.8 Å². The van der Waals surface area contributed by atoms with E-state index in [2.05, 4.69) is 23.8 Å². The molecule has 1 aromatic heterocycles. The van der Waals surface area contributed by atoms with Crippen molar-refractivity contribution in [3.63, 3.8) is 0 Å². The lowest BCUT2D eigenvalue weighted by molar-refractivity contribution is 0.121. The Bertz CT molecular complexity index is 651. The standard InChI is InChI=1S/C18H24FN3O/c1-18(2)9-17(23)7-8-21(13-18)11-14-10-20-22(12-14)16-5-3-15(19)4-6-16/h3-6,10,12,17,23H,7-9,11,13H2,1-2H3. The van der Waals surface area contributed by atoms with Crippen LogP contribution in [0.5, 0.6) is 0 Å². The first kappa shape index (κ1) is 16.1. The Morgan fingerprint density at radius 3 is 2.78 bits per heavy atom. The maximum absolute atomic E-state index is 13.0. The summed E-state index contributed by atoms with van der Waals surface area (Å²) in [6.45, 7) is 7.09. The van der Waals surface area contributed by atoms with Crippen LogP contribution < -0.4 is 0 Å². The summed E-state index contributed by atoms with van der Waals surface area (Å²) < 4.78 is 14.8. The van der Waals surface area contributed by atoms with Crippen LogP contribution >= 0.6 is 0 Å². The zero-order valence-electron chi connectivity index (χ0n) is 13.7. The number of aliphatic hydroxyl groups is 1. The summed E-state index contributed by atoms with van der Waals surface area (Å²) in [7, 11) is 0. The van der Waals surface area contributed by atoms with Gasteiger partial charge in [-0.2, -0.15) is 5.10 Å². The minimum atomic E-state index is -0.244. The Labute approximate surface area is 136 Å². The summed E-state index contributed by atoms with van der Waals surface area (Å²) in [6, 6.07) is 6.32. The van der Waals surface area contributed by atoms with Crippen molar-refractivity contribution in [2.75, 3.05) is 13.1 Å². The van der Waals surface area contributed by atoms with Crippen LogP contribution in [0.4, 0.5) is 4.39 Å². The average molecular weight is 317 g/mol. The van der Waals surface area contributed by atoms with E-state index >= 15 is 0 Å². The molecule has 0 amide bonds. The van der Waals surface area contributed by atoms with Crippen LogP contribution in [0.2, 0.25) is 0 Å².